The summed E-state index contributed by atoms with van der Waals surface area (Å²) in [6, 6.07) is 15.1. The molecule has 1 aliphatic heterocycles. The number of para-hydroxylation sites is 1. The minimum absolute atomic E-state index is 0.0233. The topological polar surface area (TPSA) is 43.8 Å². The van der Waals surface area contributed by atoms with Gasteiger partial charge >= 0.3 is 0 Å². The number of benzene rings is 2. The highest BCUT2D eigenvalue weighted by Gasteiger charge is 2.27. The molecule has 22 heavy (non-hydrogen) atoms. The van der Waals surface area contributed by atoms with Gasteiger partial charge in [0.15, 0.2) is 0 Å². The number of rotatable bonds is 3. The van der Waals surface area contributed by atoms with E-state index in [1.54, 1.807) is 11.0 Å². The Morgan fingerprint density at radius 2 is 1.86 bits per heavy atom. The first-order chi connectivity index (χ1) is 10.7. The van der Waals surface area contributed by atoms with Crippen LogP contribution in [0.2, 0.25) is 5.02 Å². The fraction of sp³-hybridized carbons (Fsp3) is 0.235. The van der Waals surface area contributed by atoms with Crippen molar-refractivity contribution in [1.82, 2.24) is 0 Å². The van der Waals surface area contributed by atoms with Crippen LogP contribution in [-0.2, 0) is 4.79 Å². The lowest BCUT2D eigenvalue weighted by Gasteiger charge is -2.26. The lowest BCUT2D eigenvalue weighted by molar-refractivity contribution is -0.117. The third kappa shape index (κ3) is 2.80. The molecule has 0 atom stereocenters. The lowest BCUT2D eigenvalue weighted by Crippen LogP contribution is -2.28. The zero-order chi connectivity index (χ0) is 15.5. The molecular formula is C17H17ClN2O2. The summed E-state index contributed by atoms with van der Waals surface area (Å²) < 4.78 is 0. The van der Waals surface area contributed by atoms with E-state index in [1.165, 1.54) is 0 Å². The summed E-state index contributed by atoms with van der Waals surface area (Å²) in [4.78, 5) is 16.4. The van der Waals surface area contributed by atoms with Gasteiger partial charge in [-0.1, -0.05) is 29.8 Å². The Morgan fingerprint density at radius 1 is 1.09 bits per heavy atom. The molecule has 114 valence electrons. The number of hydrogen-bond donors (Lipinski definition) is 1. The Labute approximate surface area is 134 Å². The highest BCUT2D eigenvalue weighted by atomic mass is 35.5. The van der Waals surface area contributed by atoms with Crippen LogP contribution in [0.1, 0.15) is 6.42 Å². The molecule has 2 aromatic rings. The van der Waals surface area contributed by atoms with Gasteiger partial charge in [0.1, 0.15) is 0 Å². The molecule has 0 unspecified atom stereocenters. The van der Waals surface area contributed by atoms with Gasteiger partial charge in [-0.3, -0.25) is 9.69 Å². The SMILES string of the molecule is O=C1CCN(CCO)c2ccc(Cl)cc2N1c1ccccc1. The Morgan fingerprint density at radius 3 is 2.59 bits per heavy atom. The molecule has 3 rings (SSSR count). The number of carbonyl (C=O) groups is 1. The minimum Gasteiger partial charge on any atom is -0.395 e. The van der Waals surface area contributed by atoms with E-state index in [9.17, 15) is 9.90 Å². The van der Waals surface area contributed by atoms with E-state index >= 15 is 0 Å². The van der Waals surface area contributed by atoms with E-state index in [0.717, 1.165) is 17.1 Å². The smallest absolute Gasteiger partial charge is 0.233 e. The number of aliphatic hydroxyl groups is 1. The van der Waals surface area contributed by atoms with Gasteiger partial charge in [0.05, 0.1) is 18.0 Å². The van der Waals surface area contributed by atoms with Crippen molar-refractivity contribution >= 4 is 34.6 Å². The first-order valence-electron chi connectivity index (χ1n) is 7.24. The third-order valence-corrected chi connectivity index (χ3v) is 3.98. The van der Waals surface area contributed by atoms with E-state index in [0.29, 0.717) is 24.5 Å². The van der Waals surface area contributed by atoms with Crippen molar-refractivity contribution in [3.8, 4) is 0 Å². The van der Waals surface area contributed by atoms with Crippen molar-refractivity contribution in [2.24, 2.45) is 0 Å². The fourth-order valence-corrected chi connectivity index (χ4v) is 2.92. The average Bonchev–Trinajstić information content (AvgIpc) is 2.65. The number of amides is 1. The first kappa shape index (κ1) is 14.9. The molecular weight excluding hydrogens is 300 g/mol. The minimum atomic E-state index is 0.0233. The second-order valence-electron chi connectivity index (χ2n) is 5.16. The fourth-order valence-electron chi connectivity index (χ4n) is 2.75. The van der Waals surface area contributed by atoms with Crippen molar-refractivity contribution < 1.29 is 9.90 Å². The van der Waals surface area contributed by atoms with Gasteiger partial charge in [-0.25, -0.2) is 0 Å². The lowest BCUT2D eigenvalue weighted by atomic mass is 10.2. The molecule has 0 fully saturated rings. The van der Waals surface area contributed by atoms with Crippen LogP contribution in [0.15, 0.2) is 48.5 Å². The second-order valence-corrected chi connectivity index (χ2v) is 5.59. The summed E-state index contributed by atoms with van der Waals surface area (Å²) in [6.45, 7) is 1.11. The Hall–Kier alpha value is -2.04. The van der Waals surface area contributed by atoms with Crippen molar-refractivity contribution in [3.05, 3.63) is 53.6 Å². The first-order valence-corrected chi connectivity index (χ1v) is 7.62. The molecule has 0 saturated carbocycles. The summed E-state index contributed by atoms with van der Waals surface area (Å²) in [6.07, 6.45) is 0.390. The summed E-state index contributed by atoms with van der Waals surface area (Å²) in [5, 5.41) is 9.85. The van der Waals surface area contributed by atoms with E-state index in [-0.39, 0.29) is 12.5 Å². The Balaban J connectivity index is 2.14. The maximum Gasteiger partial charge on any atom is 0.233 e. The van der Waals surface area contributed by atoms with Crippen molar-refractivity contribution in [2.45, 2.75) is 6.42 Å². The van der Waals surface area contributed by atoms with Crippen molar-refractivity contribution in [3.63, 3.8) is 0 Å². The zero-order valence-electron chi connectivity index (χ0n) is 12.1. The van der Waals surface area contributed by atoms with Gasteiger partial charge in [-0.2, -0.15) is 0 Å². The van der Waals surface area contributed by atoms with E-state index < -0.39 is 0 Å². The molecule has 5 heteroatoms. The molecule has 1 N–H and O–H groups in total. The summed E-state index contributed by atoms with van der Waals surface area (Å²) >= 11 is 6.15. The number of aliphatic hydroxyl groups excluding tert-OH is 1. The van der Waals surface area contributed by atoms with Crippen LogP contribution in [-0.4, -0.2) is 30.7 Å². The zero-order valence-corrected chi connectivity index (χ0v) is 12.8. The maximum absolute atomic E-state index is 12.6. The van der Waals surface area contributed by atoms with Crippen LogP contribution in [0.4, 0.5) is 17.1 Å². The van der Waals surface area contributed by atoms with Gasteiger partial charge in [0.2, 0.25) is 5.91 Å². The number of halogens is 1. The van der Waals surface area contributed by atoms with Gasteiger partial charge in [0.25, 0.3) is 0 Å². The van der Waals surface area contributed by atoms with Gasteiger partial charge in [-0.15, -0.1) is 0 Å². The van der Waals surface area contributed by atoms with Gasteiger partial charge < -0.3 is 10.0 Å². The Kier molecular flexibility index (Phi) is 4.32. The number of fused-ring (bicyclic) bond motifs is 1. The standard InChI is InChI=1S/C17H17ClN2O2/c18-13-6-7-15-16(12-13)20(14-4-2-1-3-5-14)17(22)8-9-19(15)10-11-21/h1-7,12,21H,8-11H2. The monoisotopic (exact) mass is 316 g/mol. The molecule has 4 nitrogen and oxygen atoms in total. The summed E-state index contributed by atoms with van der Waals surface area (Å²) in [5.41, 5.74) is 2.49. The van der Waals surface area contributed by atoms with Crippen molar-refractivity contribution in [2.75, 3.05) is 29.5 Å². The molecule has 0 aliphatic carbocycles. The third-order valence-electron chi connectivity index (χ3n) is 3.75. The van der Waals surface area contributed by atoms with Crippen LogP contribution >= 0.6 is 11.6 Å². The van der Waals surface area contributed by atoms with Crippen LogP contribution in [0, 0.1) is 0 Å². The number of β-amino-alcohol motifs (C(OH)–C–C–N with tert-alkyl or cyclic N) is 1. The molecule has 0 radical (unpaired) electrons. The predicted octanol–water partition coefficient (Wildman–Crippen LogP) is 3.21. The van der Waals surface area contributed by atoms with Crippen LogP contribution in [0.25, 0.3) is 0 Å². The normalized spacial score (nSPS) is 14.7. The van der Waals surface area contributed by atoms with Crippen molar-refractivity contribution in [1.29, 1.82) is 0 Å². The highest BCUT2D eigenvalue weighted by molar-refractivity contribution is 6.31. The summed E-state index contributed by atoms with van der Waals surface area (Å²) in [7, 11) is 0. The quantitative estimate of drug-likeness (QED) is 0.945. The molecule has 0 spiro atoms. The second kappa shape index (κ2) is 6.38. The number of carbonyl (C=O) groups excluding carboxylic acids is 1. The average molecular weight is 317 g/mol. The number of anilines is 3. The number of hydrogen-bond acceptors (Lipinski definition) is 3. The van der Waals surface area contributed by atoms with E-state index in [2.05, 4.69) is 0 Å². The van der Waals surface area contributed by atoms with Gasteiger partial charge in [0, 0.05) is 30.2 Å². The predicted molar refractivity (Wildman–Crippen MR) is 89.0 cm³/mol. The summed E-state index contributed by atoms with van der Waals surface area (Å²) in [5.74, 6) is 0.0233. The van der Waals surface area contributed by atoms with Crippen LogP contribution in [0.5, 0.6) is 0 Å². The molecule has 0 aromatic heterocycles. The Bertz CT molecular complexity index is 676. The molecule has 0 saturated heterocycles. The van der Waals surface area contributed by atoms with Crippen LogP contribution in [0.3, 0.4) is 0 Å². The molecule has 2 aromatic carbocycles. The molecule has 0 bridgehead atoms. The van der Waals surface area contributed by atoms with E-state index in [4.69, 9.17) is 11.6 Å². The van der Waals surface area contributed by atoms with Gasteiger partial charge in [-0.05, 0) is 30.3 Å². The molecule has 1 aliphatic rings. The maximum atomic E-state index is 12.6. The van der Waals surface area contributed by atoms with Crippen LogP contribution < -0.4 is 9.80 Å². The van der Waals surface area contributed by atoms with E-state index in [1.807, 2.05) is 47.4 Å². The molecule has 1 amide bonds. The molecule has 1 heterocycles. The largest absolute Gasteiger partial charge is 0.395 e. The highest BCUT2D eigenvalue weighted by Crippen LogP contribution is 2.39. The number of nitrogens with zero attached hydrogens (tertiary/aromatic N) is 2.